The Morgan fingerprint density at radius 1 is 1.14 bits per heavy atom. The Kier molecular flexibility index (Phi) is 7.59. The normalized spacial score (nSPS) is 15.9. The molecule has 2 atom stereocenters. The summed E-state index contributed by atoms with van der Waals surface area (Å²) in [6.07, 6.45) is 15.3. The van der Waals surface area contributed by atoms with Crippen molar-refractivity contribution in [3.63, 3.8) is 0 Å². The number of hydrogen-bond donors (Lipinski definition) is 2. The number of fused-ring (bicyclic) bond motifs is 2. The minimum atomic E-state index is -0.525. The number of hydrogen-bond acceptors (Lipinski definition) is 4. The number of aromatic nitrogens is 3. The van der Waals surface area contributed by atoms with Crippen LogP contribution in [0.1, 0.15) is 46.2 Å². The van der Waals surface area contributed by atoms with Crippen molar-refractivity contribution < 1.29 is 13.9 Å². The summed E-state index contributed by atoms with van der Waals surface area (Å²) in [7, 11) is 0. The average molecular weight is 561 g/mol. The summed E-state index contributed by atoms with van der Waals surface area (Å²) >= 11 is 0. The number of para-hydroxylation sites is 1. The lowest BCUT2D eigenvalue weighted by Crippen LogP contribution is -2.30. The van der Waals surface area contributed by atoms with Crippen molar-refractivity contribution in [2.75, 3.05) is 6.61 Å². The molecule has 6 nitrogen and oxygen atoms in total. The van der Waals surface area contributed by atoms with E-state index in [0.29, 0.717) is 12.0 Å². The maximum absolute atomic E-state index is 14.1. The van der Waals surface area contributed by atoms with Gasteiger partial charge < -0.3 is 15.5 Å². The van der Waals surface area contributed by atoms with Gasteiger partial charge in [-0.2, -0.15) is 0 Å². The van der Waals surface area contributed by atoms with Crippen LogP contribution in [-0.4, -0.2) is 33.0 Å². The molecular weight excluding hydrogens is 527 g/mol. The zero-order valence-corrected chi connectivity index (χ0v) is 23.7. The maximum Gasteiger partial charge on any atom is 0.374 e. The summed E-state index contributed by atoms with van der Waals surface area (Å²) in [5, 5.41) is 1.12. The molecule has 1 aliphatic carbocycles. The van der Waals surface area contributed by atoms with Crippen molar-refractivity contribution in [3.8, 4) is 0 Å². The van der Waals surface area contributed by atoms with Gasteiger partial charge in [0, 0.05) is 35.3 Å². The summed E-state index contributed by atoms with van der Waals surface area (Å²) < 4.78 is 21.4. The van der Waals surface area contributed by atoms with Crippen LogP contribution in [0.4, 0.5) is 4.39 Å². The zero-order valence-electron chi connectivity index (χ0n) is 23.7. The number of nitrogens with two attached hydrogens (primary N) is 1. The van der Waals surface area contributed by atoms with Gasteiger partial charge in [-0.05, 0) is 83.5 Å². The highest BCUT2D eigenvalue weighted by Crippen LogP contribution is 2.38. The summed E-state index contributed by atoms with van der Waals surface area (Å²) in [5.74, 6) is -0.375. The van der Waals surface area contributed by atoms with Crippen LogP contribution in [0.3, 0.4) is 0 Å². The van der Waals surface area contributed by atoms with Crippen LogP contribution in [0, 0.1) is 18.7 Å². The average Bonchev–Trinajstić information content (AvgIpc) is 3.54. The molecule has 7 heteroatoms. The number of nitrogens with one attached hydrogen (secondary N) is 1. The van der Waals surface area contributed by atoms with Gasteiger partial charge in [0.2, 0.25) is 5.82 Å². The number of allylic oxidation sites excluding steroid dienone is 6. The second-order valence-electron chi connectivity index (χ2n) is 10.8. The lowest BCUT2D eigenvalue weighted by Gasteiger charge is -2.20. The van der Waals surface area contributed by atoms with Crippen molar-refractivity contribution in [3.05, 3.63) is 131 Å². The number of pyridine rings is 1. The van der Waals surface area contributed by atoms with Crippen LogP contribution >= 0.6 is 0 Å². The van der Waals surface area contributed by atoms with E-state index in [1.54, 1.807) is 17.5 Å². The molecule has 5 aromatic rings. The molecule has 3 N–H and O–H groups in total. The molecule has 0 spiro atoms. The van der Waals surface area contributed by atoms with Gasteiger partial charge >= 0.3 is 5.97 Å². The molecule has 2 aromatic carbocycles. The first kappa shape index (κ1) is 27.4. The van der Waals surface area contributed by atoms with Crippen molar-refractivity contribution in [2.45, 2.75) is 32.7 Å². The first-order chi connectivity index (χ1) is 20.4. The molecule has 1 aliphatic rings. The first-order valence-corrected chi connectivity index (χ1v) is 14.2. The number of aryl methyl sites for hydroxylation is 1. The van der Waals surface area contributed by atoms with Gasteiger partial charge in [-0.1, -0.05) is 55.5 Å². The van der Waals surface area contributed by atoms with Crippen molar-refractivity contribution >= 4 is 33.5 Å². The van der Waals surface area contributed by atoms with Gasteiger partial charge in [-0.15, -0.1) is 0 Å². The number of rotatable bonds is 8. The third-order valence-corrected chi connectivity index (χ3v) is 7.90. The Morgan fingerprint density at radius 2 is 2.00 bits per heavy atom. The highest BCUT2D eigenvalue weighted by molar-refractivity contribution is 5.98. The quantitative estimate of drug-likeness (QED) is 0.199. The highest BCUT2D eigenvalue weighted by Gasteiger charge is 2.21. The summed E-state index contributed by atoms with van der Waals surface area (Å²) in [6, 6.07) is 17.0. The zero-order chi connectivity index (χ0) is 29.2. The number of esters is 1. The lowest BCUT2D eigenvalue weighted by atomic mass is 9.84. The molecule has 212 valence electrons. The van der Waals surface area contributed by atoms with E-state index in [-0.39, 0.29) is 30.2 Å². The number of nitrogens with zero attached hydrogens (tertiary/aromatic N) is 2. The Labute approximate surface area is 244 Å². The van der Waals surface area contributed by atoms with Crippen LogP contribution in [0.5, 0.6) is 0 Å². The van der Waals surface area contributed by atoms with E-state index in [1.165, 1.54) is 6.07 Å². The topological polar surface area (TPSA) is 85.4 Å². The third kappa shape index (κ3) is 5.31. The highest BCUT2D eigenvalue weighted by atomic mass is 19.1. The second-order valence-corrected chi connectivity index (χ2v) is 10.8. The predicted octanol–water partition coefficient (Wildman–Crippen LogP) is 7.05. The smallest absolute Gasteiger partial charge is 0.374 e. The van der Waals surface area contributed by atoms with Crippen molar-refractivity contribution in [2.24, 2.45) is 11.7 Å². The number of halogens is 1. The minimum absolute atomic E-state index is 0.0782. The third-order valence-electron chi connectivity index (χ3n) is 7.90. The molecule has 6 rings (SSSR count). The molecule has 0 aliphatic heterocycles. The largest absolute Gasteiger partial charge is 0.458 e. The van der Waals surface area contributed by atoms with E-state index in [1.807, 2.05) is 67.0 Å². The molecule has 0 saturated carbocycles. The lowest BCUT2D eigenvalue weighted by molar-refractivity contribution is 0.0466. The Balaban J connectivity index is 1.24. The van der Waals surface area contributed by atoms with E-state index >= 15 is 0 Å². The number of H-pyrrole nitrogens is 1. The summed E-state index contributed by atoms with van der Waals surface area (Å²) in [6.45, 7) is 4.02. The fourth-order valence-electron chi connectivity index (χ4n) is 5.72. The van der Waals surface area contributed by atoms with Crippen LogP contribution in [0.15, 0.2) is 97.5 Å². The molecule has 0 amide bonds. The molecule has 3 aromatic heterocycles. The van der Waals surface area contributed by atoms with Gasteiger partial charge in [-0.25, -0.2) is 14.2 Å². The molecule has 42 heavy (non-hydrogen) atoms. The summed E-state index contributed by atoms with van der Waals surface area (Å²) in [5.41, 5.74) is 14.0. The van der Waals surface area contributed by atoms with Gasteiger partial charge in [0.15, 0.2) is 0 Å². The Hall–Kier alpha value is -4.75. The predicted molar refractivity (Wildman–Crippen MR) is 165 cm³/mol. The van der Waals surface area contributed by atoms with Crippen LogP contribution in [-0.2, 0) is 11.2 Å². The molecule has 0 fully saturated rings. The van der Waals surface area contributed by atoms with E-state index in [0.717, 1.165) is 50.7 Å². The van der Waals surface area contributed by atoms with Gasteiger partial charge in [0.1, 0.15) is 12.4 Å². The summed E-state index contributed by atoms with van der Waals surface area (Å²) in [4.78, 5) is 20.7. The van der Waals surface area contributed by atoms with Crippen molar-refractivity contribution in [1.82, 2.24) is 14.4 Å². The van der Waals surface area contributed by atoms with Crippen LogP contribution in [0.2, 0.25) is 0 Å². The van der Waals surface area contributed by atoms with E-state index in [9.17, 15) is 9.18 Å². The van der Waals surface area contributed by atoms with Crippen molar-refractivity contribution in [1.29, 1.82) is 0 Å². The molecular formula is C35H33FN4O2. The number of carbonyl (C=O) groups excluding carboxylic acids is 1. The number of aromatic amines is 1. The van der Waals surface area contributed by atoms with Crippen LogP contribution < -0.4 is 5.73 Å². The Bertz CT molecular complexity index is 1880. The fourth-order valence-corrected chi connectivity index (χ4v) is 5.72. The number of ether oxygens (including phenoxy) is 1. The van der Waals surface area contributed by atoms with Crippen LogP contribution in [0.25, 0.3) is 27.6 Å². The monoisotopic (exact) mass is 560 g/mol. The van der Waals surface area contributed by atoms with Gasteiger partial charge in [0.05, 0.1) is 11.7 Å². The number of imidazole rings is 1. The molecule has 2 unspecified atom stereocenters. The number of carbonyl (C=O) groups is 1. The second kappa shape index (κ2) is 11.6. The first-order valence-electron chi connectivity index (χ1n) is 14.2. The molecule has 3 heterocycles. The molecule has 0 saturated heterocycles. The standard InChI is InChI=1S/C35H33FN4O2/c1-3-23-8-4-5-10-30(33(23)25-12-13-31(36)22(2)16-25)24-14-15-40-28(18-24)20-39-34(40)35(41)42-21-27(37)17-26-19-38-32-11-7-6-9-29(26)32/h4-16,18-20,23,27,38H,3,17,21,37H2,1-2H3. The van der Waals surface area contributed by atoms with E-state index < -0.39 is 5.97 Å². The molecule has 0 radical (unpaired) electrons. The fraction of sp³-hybridized carbons (Fsp3) is 0.200. The van der Waals surface area contributed by atoms with E-state index in [4.69, 9.17) is 10.5 Å². The Morgan fingerprint density at radius 3 is 2.83 bits per heavy atom. The minimum Gasteiger partial charge on any atom is -0.458 e. The number of benzene rings is 2. The van der Waals surface area contributed by atoms with Gasteiger partial charge in [-0.3, -0.25) is 4.40 Å². The maximum atomic E-state index is 14.1. The molecule has 0 bridgehead atoms. The van der Waals surface area contributed by atoms with Gasteiger partial charge in [0.25, 0.3) is 0 Å². The van der Waals surface area contributed by atoms with E-state index in [2.05, 4.69) is 35.1 Å². The SMILES string of the molecule is CCC1C=CC=CC(c2ccn3c(C(=O)OCC(N)Cc4c[nH]c5ccccc45)ncc3c2)=C1c1ccc(F)c(C)c1.